The van der Waals surface area contributed by atoms with Crippen LogP contribution in [0.1, 0.15) is 36.5 Å². The molecule has 0 amide bonds. The van der Waals surface area contributed by atoms with Crippen LogP contribution in [-0.4, -0.2) is 12.8 Å². The number of hydrogen-bond donors (Lipinski definition) is 0. The third-order valence-electron chi connectivity index (χ3n) is 4.97. The van der Waals surface area contributed by atoms with Crippen LogP contribution in [0, 0.1) is 0 Å². The van der Waals surface area contributed by atoms with Gasteiger partial charge in [0.2, 0.25) is 0 Å². The number of fused-ring (bicyclic) bond motifs is 3. The monoisotopic (exact) mass is 325 g/mol. The third-order valence-corrected chi connectivity index (χ3v) is 4.97. The van der Waals surface area contributed by atoms with E-state index in [0.29, 0.717) is 0 Å². The summed E-state index contributed by atoms with van der Waals surface area (Å²) in [6, 6.07) is 24.1. The maximum absolute atomic E-state index is 4.63. The van der Waals surface area contributed by atoms with Crippen LogP contribution in [0.4, 0.5) is 0 Å². The van der Waals surface area contributed by atoms with E-state index in [9.17, 15) is 0 Å². The molecule has 1 aliphatic carbocycles. The Morgan fingerprint density at radius 3 is 2.32 bits per heavy atom. The van der Waals surface area contributed by atoms with Crippen molar-refractivity contribution in [3.63, 3.8) is 0 Å². The molecule has 3 aromatic rings. The van der Waals surface area contributed by atoms with Crippen molar-refractivity contribution >= 4 is 6.21 Å². The average Bonchev–Trinajstić information content (AvgIpc) is 3.04. The Balaban J connectivity index is 1.77. The molecule has 1 aliphatic rings. The molecular formula is C24H23N. The smallest absolute Gasteiger partial charge is 0.0389 e. The summed E-state index contributed by atoms with van der Waals surface area (Å²) in [5.74, 6) is 0. The normalized spacial score (nSPS) is 12.4. The number of benzene rings is 3. The summed E-state index contributed by atoms with van der Waals surface area (Å²) in [7, 11) is 0. The van der Waals surface area contributed by atoms with Gasteiger partial charge >= 0.3 is 0 Å². The quantitative estimate of drug-likeness (QED) is 0.308. The van der Waals surface area contributed by atoms with Crippen LogP contribution < -0.4 is 0 Å². The van der Waals surface area contributed by atoms with Gasteiger partial charge < -0.3 is 0 Å². The largest absolute Gasteiger partial charge is 0.293 e. The second-order valence-corrected chi connectivity index (χ2v) is 6.64. The predicted molar refractivity (Wildman–Crippen MR) is 107 cm³/mol. The van der Waals surface area contributed by atoms with Crippen LogP contribution in [0.15, 0.2) is 71.7 Å². The molecule has 0 atom stereocenters. The SMILES string of the molecule is CCCCN=Cc1ccccc1-c1cccc2c1Cc1ccccc1-2. The topological polar surface area (TPSA) is 12.4 Å². The maximum Gasteiger partial charge on any atom is 0.0389 e. The molecule has 0 N–H and O–H groups in total. The Bertz CT molecular complexity index is 921. The zero-order valence-electron chi connectivity index (χ0n) is 14.7. The summed E-state index contributed by atoms with van der Waals surface area (Å²) in [6.45, 7) is 3.11. The fourth-order valence-corrected chi connectivity index (χ4v) is 3.68. The highest BCUT2D eigenvalue weighted by atomic mass is 14.7. The Labute approximate surface area is 150 Å². The van der Waals surface area contributed by atoms with Gasteiger partial charge in [0.1, 0.15) is 0 Å². The first-order chi connectivity index (χ1) is 12.4. The molecule has 3 aromatic carbocycles. The molecule has 0 spiro atoms. The first kappa shape index (κ1) is 15.8. The average molecular weight is 325 g/mol. The Hall–Kier alpha value is -2.67. The van der Waals surface area contributed by atoms with Gasteiger partial charge in [-0.2, -0.15) is 0 Å². The van der Waals surface area contributed by atoms with Gasteiger partial charge in [-0.15, -0.1) is 0 Å². The summed E-state index contributed by atoms with van der Waals surface area (Å²) >= 11 is 0. The second kappa shape index (κ2) is 7.06. The van der Waals surface area contributed by atoms with Gasteiger partial charge in [-0.1, -0.05) is 80.1 Å². The fraction of sp³-hybridized carbons (Fsp3) is 0.208. The lowest BCUT2D eigenvalue weighted by Crippen LogP contribution is -1.93. The van der Waals surface area contributed by atoms with Crippen LogP contribution >= 0.6 is 0 Å². The van der Waals surface area contributed by atoms with E-state index in [0.717, 1.165) is 19.4 Å². The third kappa shape index (κ3) is 3.02. The van der Waals surface area contributed by atoms with Gasteiger partial charge in [0.25, 0.3) is 0 Å². The highest BCUT2D eigenvalue weighted by Gasteiger charge is 2.21. The highest BCUT2D eigenvalue weighted by Crippen LogP contribution is 2.41. The van der Waals surface area contributed by atoms with E-state index in [1.807, 2.05) is 6.21 Å². The van der Waals surface area contributed by atoms with Gasteiger partial charge in [-0.05, 0) is 46.2 Å². The summed E-state index contributed by atoms with van der Waals surface area (Å²) in [4.78, 5) is 4.63. The van der Waals surface area contributed by atoms with Crippen molar-refractivity contribution in [3.05, 3.63) is 83.4 Å². The molecule has 0 saturated carbocycles. The molecule has 0 bridgehead atoms. The van der Waals surface area contributed by atoms with Crippen molar-refractivity contribution in [1.29, 1.82) is 0 Å². The number of nitrogens with zero attached hydrogens (tertiary/aromatic N) is 1. The van der Waals surface area contributed by atoms with Gasteiger partial charge in [-0.25, -0.2) is 0 Å². The number of rotatable bonds is 5. The van der Waals surface area contributed by atoms with Crippen molar-refractivity contribution in [2.45, 2.75) is 26.2 Å². The zero-order valence-corrected chi connectivity index (χ0v) is 14.7. The minimum atomic E-state index is 0.906. The van der Waals surface area contributed by atoms with Gasteiger partial charge in [0.15, 0.2) is 0 Å². The van der Waals surface area contributed by atoms with Crippen molar-refractivity contribution in [3.8, 4) is 22.3 Å². The minimum absolute atomic E-state index is 0.906. The lowest BCUT2D eigenvalue weighted by Gasteiger charge is -2.11. The lowest BCUT2D eigenvalue weighted by atomic mass is 9.93. The first-order valence-corrected chi connectivity index (χ1v) is 9.18. The lowest BCUT2D eigenvalue weighted by molar-refractivity contribution is 0.810. The standard InChI is InChI=1S/C24H23N/c1-2-3-15-25-17-19-10-5-7-12-21(19)23-14-8-13-22-20-11-6-4-9-18(20)16-24(22)23/h4-14,17H,2-3,15-16H2,1H3. The minimum Gasteiger partial charge on any atom is -0.293 e. The molecule has 25 heavy (non-hydrogen) atoms. The van der Waals surface area contributed by atoms with E-state index in [-0.39, 0.29) is 0 Å². The van der Waals surface area contributed by atoms with Crippen LogP contribution in [0.3, 0.4) is 0 Å². The molecule has 0 radical (unpaired) electrons. The molecule has 124 valence electrons. The van der Waals surface area contributed by atoms with Crippen LogP contribution in [-0.2, 0) is 6.42 Å². The first-order valence-electron chi connectivity index (χ1n) is 9.18. The summed E-state index contributed by atoms with van der Waals surface area (Å²) < 4.78 is 0. The molecule has 1 heteroatoms. The van der Waals surface area contributed by atoms with Gasteiger partial charge in [0, 0.05) is 18.3 Å². The van der Waals surface area contributed by atoms with Crippen LogP contribution in [0.5, 0.6) is 0 Å². The molecule has 0 aliphatic heterocycles. The summed E-state index contributed by atoms with van der Waals surface area (Å²) in [5, 5.41) is 0. The fourth-order valence-electron chi connectivity index (χ4n) is 3.68. The number of unbranched alkanes of at least 4 members (excludes halogenated alkanes) is 1. The molecule has 0 fully saturated rings. The van der Waals surface area contributed by atoms with Crippen LogP contribution in [0.25, 0.3) is 22.3 Å². The van der Waals surface area contributed by atoms with Gasteiger partial charge in [0.05, 0.1) is 0 Å². The zero-order chi connectivity index (χ0) is 17.1. The predicted octanol–water partition coefficient (Wildman–Crippen LogP) is 6.14. The van der Waals surface area contributed by atoms with Crippen molar-refractivity contribution in [2.75, 3.05) is 6.54 Å². The molecular weight excluding hydrogens is 302 g/mol. The Morgan fingerprint density at radius 1 is 0.800 bits per heavy atom. The van der Waals surface area contributed by atoms with Crippen LogP contribution in [0.2, 0.25) is 0 Å². The molecule has 0 heterocycles. The van der Waals surface area contributed by atoms with Crippen molar-refractivity contribution in [1.82, 2.24) is 0 Å². The number of aliphatic imine (C=N–C) groups is 1. The van der Waals surface area contributed by atoms with E-state index < -0.39 is 0 Å². The molecule has 0 saturated heterocycles. The van der Waals surface area contributed by atoms with E-state index >= 15 is 0 Å². The number of hydrogen-bond acceptors (Lipinski definition) is 1. The molecule has 1 nitrogen and oxygen atoms in total. The maximum atomic E-state index is 4.63. The van der Waals surface area contributed by atoms with Gasteiger partial charge in [-0.3, -0.25) is 4.99 Å². The van der Waals surface area contributed by atoms with E-state index in [2.05, 4.69) is 78.6 Å². The van der Waals surface area contributed by atoms with E-state index in [4.69, 9.17) is 0 Å². The summed E-state index contributed by atoms with van der Waals surface area (Å²) in [6.07, 6.45) is 5.40. The molecule has 4 rings (SSSR count). The van der Waals surface area contributed by atoms with Crippen molar-refractivity contribution in [2.24, 2.45) is 4.99 Å². The van der Waals surface area contributed by atoms with Crippen molar-refractivity contribution < 1.29 is 0 Å². The van der Waals surface area contributed by atoms with E-state index in [1.165, 1.54) is 45.4 Å². The Morgan fingerprint density at radius 2 is 1.48 bits per heavy atom. The summed E-state index contributed by atoms with van der Waals surface area (Å²) in [5.41, 5.74) is 9.47. The molecule has 0 unspecified atom stereocenters. The van der Waals surface area contributed by atoms with E-state index in [1.54, 1.807) is 0 Å². The highest BCUT2D eigenvalue weighted by molar-refractivity contribution is 5.93. The molecule has 0 aromatic heterocycles. The Kier molecular flexibility index (Phi) is 4.47. The second-order valence-electron chi connectivity index (χ2n) is 6.64.